The Bertz CT molecular complexity index is 349. The molecule has 2 heteroatoms. The fraction of sp³-hybridized carbons (Fsp3) is 0.647. The molecule has 0 spiro atoms. The smallest absolute Gasteiger partial charge is 0.0366 e. The first-order valence-electron chi connectivity index (χ1n) is 7.64. The molecule has 1 rings (SSSR count). The van der Waals surface area contributed by atoms with Gasteiger partial charge in [-0.2, -0.15) is 0 Å². The molecule has 0 aliphatic heterocycles. The Morgan fingerprint density at radius 2 is 2.05 bits per heavy atom. The summed E-state index contributed by atoms with van der Waals surface area (Å²) in [5.74, 6) is 0. The normalized spacial score (nSPS) is 12.4. The lowest BCUT2D eigenvalue weighted by molar-refractivity contribution is 0.490. The molecule has 0 radical (unpaired) electrons. The maximum absolute atomic E-state index is 3.55. The topological polar surface area (TPSA) is 15.3 Å². The number of hydrogen-bond acceptors (Lipinski definition) is 2. The van der Waals surface area contributed by atoms with Crippen LogP contribution >= 0.6 is 0 Å². The average Bonchev–Trinajstić information content (AvgIpc) is 2.41. The maximum atomic E-state index is 3.55. The van der Waals surface area contributed by atoms with Gasteiger partial charge in [0.05, 0.1) is 0 Å². The van der Waals surface area contributed by atoms with Crippen molar-refractivity contribution in [3.05, 3.63) is 29.8 Å². The van der Waals surface area contributed by atoms with Crippen LogP contribution in [-0.2, 0) is 0 Å². The van der Waals surface area contributed by atoms with Crippen LogP contribution in [0.4, 0.5) is 5.69 Å². The summed E-state index contributed by atoms with van der Waals surface area (Å²) >= 11 is 0. The Kier molecular flexibility index (Phi) is 7.57. The van der Waals surface area contributed by atoms with Crippen LogP contribution in [0.3, 0.4) is 0 Å². The van der Waals surface area contributed by atoms with Gasteiger partial charge in [-0.05, 0) is 57.4 Å². The number of anilines is 1. The molecule has 0 aliphatic carbocycles. The lowest BCUT2D eigenvalue weighted by Crippen LogP contribution is -2.27. The van der Waals surface area contributed by atoms with Crippen molar-refractivity contribution in [3.8, 4) is 0 Å². The quantitative estimate of drug-likeness (QED) is 0.677. The third kappa shape index (κ3) is 6.63. The molecule has 1 N–H and O–H groups in total. The zero-order valence-corrected chi connectivity index (χ0v) is 13.1. The van der Waals surface area contributed by atoms with Crippen molar-refractivity contribution in [2.24, 2.45) is 0 Å². The van der Waals surface area contributed by atoms with E-state index in [1.807, 2.05) is 0 Å². The Balaban J connectivity index is 2.18. The molecule has 19 heavy (non-hydrogen) atoms. The van der Waals surface area contributed by atoms with Gasteiger partial charge in [0, 0.05) is 25.3 Å². The van der Waals surface area contributed by atoms with Crippen LogP contribution in [0.5, 0.6) is 0 Å². The Labute approximate surface area is 119 Å². The Morgan fingerprint density at radius 3 is 2.74 bits per heavy atom. The van der Waals surface area contributed by atoms with Crippen LogP contribution < -0.4 is 10.2 Å². The molecule has 0 saturated carbocycles. The molecule has 0 aromatic heterocycles. The van der Waals surface area contributed by atoms with E-state index in [0.717, 1.165) is 13.1 Å². The van der Waals surface area contributed by atoms with E-state index in [1.54, 1.807) is 0 Å². The second-order valence-corrected chi connectivity index (χ2v) is 5.61. The first kappa shape index (κ1) is 16.0. The summed E-state index contributed by atoms with van der Waals surface area (Å²) in [5.41, 5.74) is 2.67. The van der Waals surface area contributed by atoms with Gasteiger partial charge in [0.1, 0.15) is 0 Å². The van der Waals surface area contributed by atoms with E-state index < -0.39 is 0 Å². The highest BCUT2D eigenvalue weighted by Crippen LogP contribution is 2.15. The van der Waals surface area contributed by atoms with Gasteiger partial charge in [-0.1, -0.05) is 25.5 Å². The third-order valence-corrected chi connectivity index (χ3v) is 3.57. The molecular weight excluding hydrogens is 232 g/mol. The second kappa shape index (κ2) is 8.98. The van der Waals surface area contributed by atoms with Crippen molar-refractivity contribution in [1.82, 2.24) is 5.32 Å². The molecule has 0 amide bonds. The van der Waals surface area contributed by atoms with E-state index in [1.165, 1.54) is 36.9 Å². The molecule has 108 valence electrons. The van der Waals surface area contributed by atoms with Crippen LogP contribution in [0, 0.1) is 6.92 Å². The number of benzene rings is 1. The third-order valence-electron chi connectivity index (χ3n) is 3.57. The molecule has 0 saturated heterocycles. The largest absolute Gasteiger partial charge is 0.375 e. The van der Waals surface area contributed by atoms with E-state index in [0.29, 0.717) is 6.04 Å². The SMILES string of the molecule is CCCNC(C)CCCCN(C)c1cccc(C)c1. The molecule has 1 atom stereocenters. The lowest BCUT2D eigenvalue weighted by atomic mass is 10.1. The monoisotopic (exact) mass is 262 g/mol. The molecule has 0 heterocycles. The van der Waals surface area contributed by atoms with E-state index in [9.17, 15) is 0 Å². The molecule has 1 aromatic rings. The van der Waals surface area contributed by atoms with Gasteiger partial charge in [-0.15, -0.1) is 0 Å². The van der Waals surface area contributed by atoms with Gasteiger partial charge < -0.3 is 10.2 Å². The predicted molar refractivity (Wildman–Crippen MR) is 86.1 cm³/mol. The number of unbranched alkanes of at least 4 members (excludes halogenated alkanes) is 1. The zero-order valence-electron chi connectivity index (χ0n) is 13.1. The Morgan fingerprint density at radius 1 is 1.26 bits per heavy atom. The first-order valence-corrected chi connectivity index (χ1v) is 7.64. The van der Waals surface area contributed by atoms with Crippen molar-refractivity contribution in [2.75, 3.05) is 25.0 Å². The van der Waals surface area contributed by atoms with E-state index in [-0.39, 0.29) is 0 Å². The second-order valence-electron chi connectivity index (χ2n) is 5.61. The minimum atomic E-state index is 0.657. The van der Waals surface area contributed by atoms with Gasteiger partial charge in [0.2, 0.25) is 0 Å². The Hall–Kier alpha value is -1.02. The van der Waals surface area contributed by atoms with Gasteiger partial charge >= 0.3 is 0 Å². The van der Waals surface area contributed by atoms with Crippen molar-refractivity contribution >= 4 is 5.69 Å². The van der Waals surface area contributed by atoms with E-state index >= 15 is 0 Å². The number of nitrogens with one attached hydrogen (secondary N) is 1. The predicted octanol–water partition coefficient (Wildman–Crippen LogP) is 3.99. The van der Waals surface area contributed by atoms with Gasteiger partial charge in [-0.25, -0.2) is 0 Å². The van der Waals surface area contributed by atoms with Gasteiger partial charge in [0.25, 0.3) is 0 Å². The van der Waals surface area contributed by atoms with Crippen molar-refractivity contribution in [2.45, 2.75) is 52.5 Å². The first-order chi connectivity index (χ1) is 9.13. The number of rotatable bonds is 9. The molecule has 1 unspecified atom stereocenters. The summed E-state index contributed by atoms with van der Waals surface area (Å²) in [6, 6.07) is 9.39. The molecule has 0 fully saturated rings. The van der Waals surface area contributed by atoms with Crippen LogP contribution in [0.2, 0.25) is 0 Å². The molecule has 1 aromatic carbocycles. The highest BCUT2D eigenvalue weighted by Gasteiger charge is 2.03. The summed E-state index contributed by atoms with van der Waals surface area (Å²) in [7, 11) is 2.19. The minimum Gasteiger partial charge on any atom is -0.375 e. The van der Waals surface area contributed by atoms with Crippen LogP contribution in [-0.4, -0.2) is 26.2 Å². The minimum absolute atomic E-state index is 0.657. The van der Waals surface area contributed by atoms with Crippen LogP contribution in [0.15, 0.2) is 24.3 Å². The van der Waals surface area contributed by atoms with Crippen LogP contribution in [0.1, 0.15) is 45.1 Å². The summed E-state index contributed by atoms with van der Waals surface area (Å²) in [4.78, 5) is 2.36. The summed E-state index contributed by atoms with van der Waals surface area (Å²) in [6.45, 7) is 8.95. The maximum Gasteiger partial charge on any atom is 0.0366 e. The standard InChI is InChI=1S/C17H30N2/c1-5-12-18-16(3)10-6-7-13-19(4)17-11-8-9-15(2)14-17/h8-9,11,14,16,18H,5-7,10,12-13H2,1-4H3. The zero-order chi connectivity index (χ0) is 14.1. The molecule has 0 bridgehead atoms. The van der Waals surface area contributed by atoms with Crippen LogP contribution in [0.25, 0.3) is 0 Å². The number of nitrogens with zero attached hydrogens (tertiary/aromatic N) is 1. The fourth-order valence-corrected chi connectivity index (χ4v) is 2.29. The number of hydrogen-bond donors (Lipinski definition) is 1. The molecular formula is C17H30N2. The summed E-state index contributed by atoms with van der Waals surface area (Å²) in [5, 5.41) is 3.55. The van der Waals surface area contributed by atoms with Crippen molar-refractivity contribution in [1.29, 1.82) is 0 Å². The van der Waals surface area contributed by atoms with Crippen molar-refractivity contribution in [3.63, 3.8) is 0 Å². The van der Waals surface area contributed by atoms with E-state index in [4.69, 9.17) is 0 Å². The number of aryl methyl sites for hydroxylation is 1. The summed E-state index contributed by atoms with van der Waals surface area (Å²) < 4.78 is 0. The fourth-order valence-electron chi connectivity index (χ4n) is 2.29. The summed E-state index contributed by atoms with van der Waals surface area (Å²) in [6.07, 6.45) is 5.07. The molecule has 2 nitrogen and oxygen atoms in total. The van der Waals surface area contributed by atoms with E-state index in [2.05, 4.69) is 62.3 Å². The van der Waals surface area contributed by atoms with Gasteiger partial charge in [-0.3, -0.25) is 0 Å². The van der Waals surface area contributed by atoms with Gasteiger partial charge in [0.15, 0.2) is 0 Å². The average molecular weight is 262 g/mol. The highest BCUT2D eigenvalue weighted by molar-refractivity contribution is 5.47. The van der Waals surface area contributed by atoms with Crippen molar-refractivity contribution < 1.29 is 0 Å². The lowest BCUT2D eigenvalue weighted by Gasteiger charge is -2.20. The highest BCUT2D eigenvalue weighted by atomic mass is 15.1. The molecule has 0 aliphatic rings.